The Bertz CT molecular complexity index is 974. The minimum atomic E-state index is -0.411. The first-order valence-electron chi connectivity index (χ1n) is 7.47. The predicted octanol–water partition coefficient (Wildman–Crippen LogP) is 3.34. The molecule has 1 aromatic heterocycles. The molecule has 5 heteroatoms. The molecule has 24 heavy (non-hydrogen) atoms. The topological polar surface area (TPSA) is 48.3 Å². The normalized spacial score (nSPS) is 10.8. The summed E-state index contributed by atoms with van der Waals surface area (Å²) in [5, 5.41) is 0.848. The summed E-state index contributed by atoms with van der Waals surface area (Å²) in [6, 6.07) is 12.2. The van der Waals surface area contributed by atoms with Crippen molar-refractivity contribution in [2.75, 3.05) is 7.11 Å². The molecule has 4 nitrogen and oxygen atoms in total. The Hall–Kier alpha value is -2.95. The first-order valence-corrected chi connectivity index (χ1v) is 7.47. The predicted molar refractivity (Wildman–Crippen MR) is 90.2 cm³/mol. The van der Waals surface area contributed by atoms with Gasteiger partial charge in [-0.2, -0.15) is 0 Å². The van der Waals surface area contributed by atoms with E-state index < -0.39 is 5.82 Å². The van der Waals surface area contributed by atoms with Gasteiger partial charge in [0.15, 0.2) is 5.78 Å². The number of hydrogen-bond donors (Lipinski definition) is 0. The lowest BCUT2D eigenvalue weighted by atomic mass is 10.1. The number of aromatic nitrogens is 1. The number of hydrogen-bond acceptors (Lipinski definition) is 3. The van der Waals surface area contributed by atoms with Crippen molar-refractivity contribution in [3.8, 4) is 5.75 Å². The third kappa shape index (κ3) is 2.80. The molecule has 0 fully saturated rings. The van der Waals surface area contributed by atoms with Gasteiger partial charge in [-0.3, -0.25) is 14.2 Å². The van der Waals surface area contributed by atoms with E-state index in [-0.39, 0.29) is 17.9 Å². The van der Waals surface area contributed by atoms with Gasteiger partial charge in [-0.1, -0.05) is 12.1 Å². The number of halogens is 1. The second-order valence-corrected chi connectivity index (χ2v) is 5.54. The number of benzene rings is 2. The molecular formula is C19H16FNO3. The van der Waals surface area contributed by atoms with Crippen LogP contribution in [-0.4, -0.2) is 17.5 Å². The summed E-state index contributed by atoms with van der Waals surface area (Å²) in [5.41, 5.74) is 1.48. The van der Waals surface area contributed by atoms with E-state index in [1.807, 2.05) is 19.1 Å². The van der Waals surface area contributed by atoms with Gasteiger partial charge in [-0.05, 0) is 42.8 Å². The van der Waals surface area contributed by atoms with Crippen LogP contribution in [0.4, 0.5) is 4.39 Å². The van der Waals surface area contributed by atoms with Crippen molar-refractivity contribution < 1.29 is 13.9 Å². The number of ketones is 1. The number of ether oxygens (including phenoxy) is 1. The molecule has 0 aliphatic carbocycles. The van der Waals surface area contributed by atoms with E-state index in [4.69, 9.17) is 4.74 Å². The van der Waals surface area contributed by atoms with E-state index in [1.54, 1.807) is 6.07 Å². The maximum absolute atomic E-state index is 13.0. The standard InChI is InChI=1S/C19H16FNO3/c1-12-10-18(23)21(19-15(12)4-3-5-17(19)24-2)11-16(22)13-6-8-14(20)9-7-13/h3-10H,11H2,1-2H3. The first kappa shape index (κ1) is 15.9. The lowest BCUT2D eigenvalue weighted by Gasteiger charge is -2.14. The number of nitrogens with zero attached hydrogens (tertiary/aromatic N) is 1. The van der Waals surface area contributed by atoms with Crippen LogP contribution in [-0.2, 0) is 6.54 Å². The quantitative estimate of drug-likeness (QED) is 0.691. The molecule has 0 saturated carbocycles. The summed E-state index contributed by atoms with van der Waals surface area (Å²) < 4.78 is 19.8. The molecule has 0 N–H and O–H groups in total. The second-order valence-electron chi connectivity index (χ2n) is 5.54. The first-order chi connectivity index (χ1) is 11.5. The fourth-order valence-electron chi connectivity index (χ4n) is 2.76. The molecule has 3 rings (SSSR count). The minimum Gasteiger partial charge on any atom is -0.495 e. The average molecular weight is 325 g/mol. The number of pyridine rings is 1. The Morgan fingerprint density at radius 3 is 2.54 bits per heavy atom. The zero-order valence-electron chi connectivity index (χ0n) is 13.4. The molecule has 0 amide bonds. The van der Waals surface area contributed by atoms with Gasteiger partial charge >= 0.3 is 0 Å². The summed E-state index contributed by atoms with van der Waals surface area (Å²) in [5.74, 6) is -0.153. The van der Waals surface area contributed by atoms with Crippen LogP contribution in [0.25, 0.3) is 10.9 Å². The number of methoxy groups -OCH3 is 1. The molecule has 0 atom stereocenters. The Morgan fingerprint density at radius 1 is 1.17 bits per heavy atom. The molecule has 0 radical (unpaired) electrons. The maximum Gasteiger partial charge on any atom is 0.251 e. The molecular weight excluding hydrogens is 309 g/mol. The number of aryl methyl sites for hydroxylation is 1. The molecule has 122 valence electrons. The third-order valence-electron chi connectivity index (χ3n) is 3.99. The fraction of sp³-hybridized carbons (Fsp3) is 0.158. The van der Waals surface area contributed by atoms with E-state index in [1.165, 1.54) is 42.0 Å². The number of carbonyl (C=O) groups excluding carboxylic acids is 1. The smallest absolute Gasteiger partial charge is 0.251 e. The molecule has 2 aromatic carbocycles. The zero-order valence-corrected chi connectivity index (χ0v) is 13.4. The summed E-state index contributed by atoms with van der Waals surface area (Å²) in [6.07, 6.45) is 0. The van der Waals surface area contributed by atoms with Gasteiger partial charge in [0.1, 0.15) is 11.6 Å². The third-order valence-corrected chi connectivity index (χ3v) is 3.99. The number of carbonyl (C=O) groups is 1. The van der Waals surface area contributed by atoms with Gasteiger partial charge in [-0.25, -0.2) is 4.39 Å². The van der Waals surface area contributed by atoms with Crippen LogP contribution in [0.3, 0.4) is 0 Å². The van der Waals surface area contributed by atoms with Crippen LogP contribution in [0.1, 0.15) is 15.9 Å². The van der Waals surface area contributed by atoms with E-state index in [0.29, 0.717) is 16.8 Å². The number of Topliss-reactive ketones (excluding diaryl/α,β-unsaturated/α-hetero) is 1. The largest absolute Gasteiger partial charge is 0.495 e. The van der Waals surface area contributed by atoms with Crippen molar-refractivity contribution in [2.24, 2.45) is 0 Å². The van der Waals surface area contributed by atoms with Crippen molar-refractivity contribution in [3.63, 3.8) is 0 Å². The van der Waals surface area contributed by atoms with Gasteiger partial charge in [0.25, 0.3) is 5.56 Å². The summed E-state index contributed by atoms with van der Waals surface area (Å²) in [7, 11) is 1.52. The van der Waals surface area contributed by atoms with Crippen molar-refractivity contribution in [3.05, 3.63) is 75.8 Å². The van der Waals surface area contributed by atoms with E-state index in [9.17, 15) is 14.0 Å². The van der Waals surface area contributed by atoms with Crippen molar-refractivity contribution in [2.45, 2.75) is 13.5 Å². The Kier molecular flexibility index (Phi) is 4.16. The lowest BCUT2D eigenvalue weighted by Crippen LogP contribution is -2.25. The molecule has 3 aromatic rings. The highest BCUT2D eigenvalue weighted by atomic mass is 19.1. The van der Waals surface area contributed by atoms with Crippen LogP contribution < -0.4 is 10.3 Å². The summed E-state index contributed by atoms with van der Waals surface area (Å²) in [4.78, 5) is 24.9. The van der Waals surface area contributed by atoms with Gasteiger partial charge < -0.3 is 4.74 Å². The van der Waals surface area contributed by atoms with E-state index in [2.05, 4.69) is 0 Å². The Morgan fingerprint density at radius 2 is 1.88 bits per heavy atom. The number of para-hydroxylation sites is 1. The molecule has 0 aliphatic rings. The fourth-order valence-corrected chi connectivity index (χ4v) is 2.76. The van der Waals surface area contributed by atoms with Gasteiger partial charge in [0, 0.05) is 17.0 Å². The Balaban J connectivity index is 2.14. The monoisotopic (exact) mass is 325 g/mol. The van der Waals surface area contributed by atoms with E-state index >= 15 is 0 Å². The van der Waals surface area contributed by atoms with Gasteiger partial charge in [0.2, 0.25) is 0 Å². The van der Waals surface area contributed by atoms with Crippen LogP contribution >= 0.6 is 0 Å². The molecule has 0 spiro atoms. The van der Waals surface area contributed by atoms with Crippen molar-refractivity contribution in [1.82, 2.24) is 4.57 Å². The molecule has 0 saturated heterocycles. The highest BCUT2D eigenvalue weighted by Crippen LogP contribution is 2.26. The highest BCUT2D eigenvalue weighted by molar-refractivity contribution is 5.97. The van der Waals surface area contributed by atoms with Crippen LogP contribution in [0.15, 0.2) is 53.3 Å². The maximum atomic E-state index is 13.0. The summed E-state index contributed by atoms with van der Waals surface area (Å²) >= 11 is 0. The second kappa shape index (κ2) is 6.28. The lowest BCUT2D eigenvalue weighted by molar-refractivity contribution is 0.0972. The summed E-state index contributed by atoms with van der Waals surface area (Å²) in [6.45, 7) is 1.71. The van der Waals surface area contributed by atoms with Crippen molar-refractivity contribution >= 4 is 16.7 Å². The average Bonchev–Trinajstić information content (AvgIpc) is 2.58. The number of fused-ring (bicyclic) bond motifs is 1. The highest BCUT2D eigenvalue weighted by Gasteiger charge is 2.15. The van der Waals surface area contributed by atoms with Gasteiger partial charge in [-0.15, -0.1) is 0 Å². The SMILES string of the molecule is COc1cccc2c(C)cc(=O)n(CC(=O)c3ccc(F)cc3)c12. The van der Waals surface area contributed by atoms with Crippen LogP contribution in [0.5, 0.6) is 5.75 Å². The minimum absolute atomic E-state index is 0.137. The number of rotatable bonds is 4. The molecule has 0 bridgehead atoms. The Labute approximate surface area is 138 Å². The molecule has 1 heterocycles. The zero-order chi connectivity index (χ0) is 17.3. The van der Waals surface area contributed by atoms with Crippen LogP contribution in [0, 0.1) is 12.7 Å². The van der Waals surface area contributed by atoms with Gasteiger partial charge in [0.05, 0.1) is 19.2 Å². The molecule has 0 unspecified atom stereocenters. The van der Waals surface area contributed by atoms with Crippen molar-refractivity contribution in [1.29, 1.82) is 0 Å². The molecule has 0 aliphatic heterocycles. The van der Waals surface area contributed by atoms with Crippen LogP contribution in [0.2, 0.25) is 0 Å². The van der Waals surface area contributed by atoms with E-state index in [0.717, 1.165) is 10.9 Å².